The highest BCUT2D eigenvalue weighted by molar-refractivity contribution is 8.01. The summed E-state index contributed by atoms with van der Waals surface area (Å²) < 4.78 is 24.6. The molecular formula is C14H28N2O2S2. The maximum absolute atomic E-state index is 12.3. The predicted molar refractivity (Wildman–Crippen MR) is 86.7 cm³/mol. The number of hydrogen-bond donors (Lipinski definition) is 1. The minimum absolute atomic E-state index is 0.155. The first kappa shape index (κ1) is 16.6. The summed E-state index contributed by atoms with van der Waals surface area (Å²) in [4.78, 5) is 2.22. The Labute approximate surface area is 127 Å². The van der Waals surface area contributed by atoms with Crippen LogP contribution in [-0.4, -0.2) is 55.6 Å². The minimum Gasteiger partial charge on any atom is -0.330 e. The van der Waals surface area contributed by atoms with E-state index in [0.717, 1.165) is 37.4 Å². The minimum atomic E-state index is -2.99. The normalized spacial score (nSPS) is 28.4. The number of rotatable bonds is 5. The van der Waals surface area contributed by atoms with Gasteiger partial charge in [0.1, 0.15) is 5.37 Å². The first-order valence-electron chi connectivity index (χ1n) is 7.76. The van der Waals surface area contributed by atoms with Gasteiger partial charge in [0.05, 0.1) is 0 Å². The van der Waals surface area contributed by atoms with Crippen molar-refractivity contribution in [3.63, 3.8) is 0 Å². The van der Waals surface area contributed by atoms with Gasteiger partial charge >= 0.3 is 0 Å². The zero-order chi connectivity index (χ0) is 14.6. The van der Waals surface area contributed by atoms with E-state index in [2.05, 4.69) is 4.90 Å². The summed E-state index contributed by atoms with van der Waals surface area (Å²) in [5.74, 6) is 2.00. The average molecular weight is 321 g/mol. The van der Waals surface area contributed by atoms with Crippen molar-refractivity contribution in [1.29, 1.82) is 0 Å². The van der Waals surface area contributed by atoms with Crippen LogP contribution in [0.2, 0.25) is 0 Å². The smallest absolute Gasteiger partial charge is 0.166 e. The average Bonchev–Trinajstić information content (AvgIpc) is 2.48. The third kappa shape index (κ3) is 3.70. The van der Waals surface area contributed by atoms with E-state index in [1.807, 2.05) is 0 Å². The van der Waals surface area contributed by atoms with Crippen LogP contribution in [-0.2, 0) is 9.84 Å². The molecule has 20 heavy (non-hydrogen) atoms. The molecule has 0 radical (unpaired) electrons. The molecule has 1 aliphatic heterocycles. The van der Waals surface area contributed by atoms with Gasteiger partial charge in [0.25, 0.3) is 0 Å². The predicted octanol–water partition coefficient (Wildman–Crippen LogP) is 1.71. The van der Waals surface area contributed by atoms with E-state index in [9.17, 15) is 8.42 Å². The lowest BCUT2D eigenvalue weighted by atomic mass is 9.73. The molecule has 6 heteroatoms. The van der Waals surface area contributed by atoms with Crippen molar-refractivity contribution < 1.29 is 8.42 Å². The molecule has 1 heterocycles. The summed E-state index contributed by atoms with van der Waals surface area (Å²) in [5, 5.41) is -0.295. The quantitative estimate of drug-likeness (QED) is 0.835. The molecule has 2 aliphatic rings. The molecule has 1 aliphatic carbocycles. The monoisotopic (exact) mass is 320 g/mol. The zero-order valence-corrected chi connectivity index (χ0v) is 14.1. The van der Waals surface area contributed by atoms with Crippen molar-refractivity contribution >= 4 is 21.6 Å². The maximum Gasteiger partial charge on any atom is 0.166 e. The molecule has 118 valence electrons. The largest absolute Gasteiger partial charge is 0.330 e. The van der Waals surface area contributed by atoms with Crippen LogP contribution in [0, 0.1) is 5.41 Å². The van der Waals surface area contributed by atoms with Gasteiger partial charge in [-0.05, 0) is 24.8 Å². The molecule has 0 bridgehead atoms. The first-order valence-corrected chi connectivity index (χ1v) is 10.6. The Balaban J connectivity index is 2.11. The van der Waals surface area contributed by atoms with Crippen LogP contribution in [0.25, 0.3) is 0 Å². The molecule has 0 aromatic carbocycles. The standard InChI is InChI=1S/C14H28N2O2S2/c1-2-20(17,18)13-10-19-9-8-16(13)12-14(11-15)6-4-3-5-7-14/h13H,2-12,15H2,1H3. The van der Waals surface area contributed by atoms with E-state index in [4.69, 9.17) is 5.73 Å². The molecule has 0 spiro atoms. The Morgan fingerprint density at radius 1 is 1.30 bits per heavy atom. The Bertz CT molecular complexity index is 405. The van der Waals surface area contributed by atoms with Crippen LogP contribution in [0.3, 0.4) is 0 Å². The lowest BCUT2D eigenvalue weighted by Gasteiger charge is -2.44. The second-order valence-electron chi connectivity index (χ2n) is 6.22. The fourth-order valence-corrected chi connectivity index (χ4v) is 6.56. The van der Waals surface area contributed by atoms with Gasteiger partial charge in [-0.2, -0.15) is 11.8 Å². The van der Waals surface area contributed by atoms with Crippen LogP contribution >= 0.6 is 11.8 Å². The van der Waals surface area contributed by atoms with Gasteiger partial charge in [0.15, 0.2) is 9.84 Å². The molecule has 0 amide bonds. The first-order chi connectivity index (χ1) is 9.53. The Kier molecular flexibility index (Phi) is 5.79. The number of hydrogen-bond acceptors (Lipinski definition) is 5. The maximum atomic E-state index is 12.3. The number of thioether (sulfide) groups is 1. The summed E-state index contributed by atoms with van der Waals surface area (Å²) in [6.07, 6.45) is 6.10. The highest BCUT2D eigenvalue weighted by atomic mass is 32.2. The highest BCUT2D eigenvalue weighted by Crippen LogP contribution is 2.37. The highest BCUT2D eigenvalue weighted by Gasteiger charge is 2.39. The van der Waals surface area contributed by atoms with E-state index in [0.29, 0.717) is 6.54 Å². The SMILES string of the molecule is CCS(=O)(=O)C1CSCCN1CC1(CN)CCCCC1. The Morgan fingerprint density at radius 3 is 2.60 bits per heavy atom. The Hall–Kier alpha value is 0.220. The lowest BCUT2D eigenvalue weighted by Crippen LogP contribution is -2.53. The van der Waals surface area contributed by atoms with E-state index >= 15 is 0 Å². The molecule has 1 atom stereocenters. The molecule has 1 unspecified atom stereocenters. The molecule has 1 saturated carbocycles. The fourth-order valence-electron chi connectivity index (χ4n) is 3.48. The molecule has 0 aromatic rings. The van der Waals surface area contributed by atoms with Gasteiger partial charge in [-0.25, -0.2) is 8.42 Å². The van der Waals surface area contributed by atoms with Crippen LogP contribution in [0.5, 0.6) is 0 Å². The molecule has 1 saturated heterocycles. The topological polar surface area (TPSA) is 63.4 Å². The van der Waals surface area contributed by atoms with Gasteiger partial charge in [-0.3, -0.25) is 4.90 Å². The Morgan fingerprint density at radius 2 is 2.00 bits per heavy atom. The summed E-state index contributed by atoms with van der Waals surface area (Å²) in [6, 6.07) is 0. The van der Waals surface area contributed by atoms with Crippen LogP contribution in [0.1, 0.15) is 39.0 Å². The van der Waals surface area contributed by atoms with E-state index in [-0.39, 0.29) is 16.5 Å². The van der Waals surface area contributed by atoms with Gasteiger partial charge in [0, 0.05) is 30.3 Å². The van der Waals surface area contributed by atoms with Crippen molar-refractivity contribution in [1.82, 2.24) is 4.90 Å². The second-order valence-corrected chi connectivity index (χ2v) is 9.81. The lowest BCUT2D eigenvalue weighted by molar-refractivity contribution is 0.109. The molecule has 2 fully saturated rings. The molecule has 2 N–H and O–H groups in total. The van der Waals surface area contributed by atoms with Crippen molar-refractivity contribution in [2.75, 3.05) is 36.9 Å². The second kappa shape index (κ2) is 6.99. The molecule has 0 aromatic heterocycles. The fraction of sp³-hybridized carbons (Fsp3) is 1.00. The van der Waals surface area contributed by atoms with Crippen LogP contribution in [0.15, 0.2) is 0 Å². The zero-order valence-electron chi connectivity index (χ0n) is 12.5. The van der Waals surface area contributed by atoms with Crippen molar-refractivity contribution in [2.45, 2.75) is 44.4 Å². The summed E-state index contributed by atoms with van der Waals surface area (Å²) in [6.45, 7) is 4.20. The van der Waals surface area contributed by atoms with Gasteiger partial charge in [-0.15, -0.1) is 0 Å². The molecule has 2 rings (SSSR count). The van der Waals surface area contributed by atoms with Gasteiger partial charge < -0.3 is 5.73 Å². The van der Waals surface area contributed by atoms with Gasteiger partial charge in [-0.1, -0.05) is 26.2 Å². The van der Waals surface area contributed by atoms with Crippen LogP contribution < -0.4 is 5.73 Å². The number of nitrogens with two attached hydrogens (primary N) is 1. The third-order valence-corrected chi connectivity index (χ3v) is 8.23. The number of nitrogens with zero attached hydrogens (tertiary/aromatic N) is 1. The van der Waals surface area contributed by atoms with Crippen molar-refractivity contribution in [3.05, 3.63) is 0 Å². The van der Waals surface area contributed by atoms with E-state index in [1.54, 1.807) is 18.7 Å². The molecular weight excluding hydrogens is 292 g/mol. The van der Waals surface area contributed by atoms with E-state index < -0.39 is 9.84 Å². The summed E-state index contributed by atoms with van der Waals surface area (Å²) in [7, 11) is -2.99. The molecule has 4 nitrogen and oxygen atoms in total. The van der Waals surface area contributed by atoms with Crippen molar-refractivity contribution in [3.8, 4) is 0 Å². The van der Waals surface area contributed by atoms with Crippen molar-refractivity contribution in [2.24, 2.45) is 11.1 Å². The van der Waals surface area contributed by atoms with Crippen LogP contribution in [0.4, 0.5) is 0 Å². The number of sulfone groups is 1. The summed E-state index contributed by atoms with van der Waals surface area (Å²) >= 11 is 1.77. The summed E-state index contributed by atoms with van der Waals surface area (Å²) in [5.41, 5.74) is 6.22. The third-order valence-electron chi connectivity index (χ3n) is 4.89. The van der Waals surface area contributed by atoms with E-state index in [1.165, 1.54) is 19.3 Å². The van der Waals surface area contributed by atoms with Gasteiger partial charge in [0.2, 0.25) is 0 Å².